The van der Waals surface area contributed by atoms with Gasteiger partial charge in [0.1, 0.15) is 17.6 Å². The summed E-state index contributed by atoms with van der Waals surface area (Å²) in [6, 6.07) is 8.42. The minimum Gasteiger partial charge on any atom is -0.618 e. The first-order chi connectivity index (χ1) is 19.6. The maximum Gasteiger partial charge on any atom is 0.268 e. The number of hydrogen-bond donors (Lipinski definition) is 2. The molecule has 214 valence electrons. The molecule has 2 aromatic heterocycles. The summed E-state index contributed by atoms with van der Waals surface area (Å²) in [6.45, 7) is 4.53. The Bertz CT molecular complexity index is 1560. The molecule has 4 atom stereocenters. The summed E-state index contributed by atoms with van der Waals surface area (Å²) < 4.78 is 17.8. The lowest BCUT2D eigenvalue weighted by Crippen LogP contribution is -2.49. The second kappa shape index (κ2) is 10.5. The average Bonchev–Trinajstić information content (AvgIpc) is 3.33. The van der Waals surface area contributed by atoms with Crippen molar-refractivity contribution in [2.75, 3.05) is 11.9 Å². The van der Waals surface area contributed by atoms with Crippen LogP contribution in [0.4, 0.5) is 10.1 Å². The maximum absolute atomic E-state index is 15.3. The quantitative estimate of drug-likeness (QED) is 0.339. The highest BCUT2D eigenvalue weighted by Crippen LogP contribution is 2.55. The largest absolute Gasteiger partial charge is 0.618 e. The lowest BCUT2D eigenvalue weighted by atomic mass is 9.93. The first-order valence-electron chi connectivity index (χ1n) is 13.8. The normalized spacial score (nSPS) is 21.6. The number of nitrogens with one attached hydrogen (secondary N) is 2. The molecule has 2 fully saturated rings. The van der Waals surface area contributed by atoms with Crippen molar-refractivity contribution >= 4 is 35.0 Å². The van der Waals surface area contributed by atoms with Gasteiger partial charge in [0.2, 0.25) is 11.8 Å². The molecule has 41 heavy (non-hydrogen) atoms. The van der Waals surface area contributed by atoms with Crippen molar-refractivity contribution in [3.63, 3.8) is 0 Å². The van der Waals surface area contributed by atoms with Crippen LogP contribution in [-0.2, 0) is 22.7 Å². The zero-order chi connectivity index (χ0) is 29.0. The van der Waals surface area contributed by atoms with E-state index < -0.39 is 17.8 Å². The predicted molar refractivity (Wildman–Crippen MR) is 150 cm³/mol. The van der Waals surface area contributed by atoms with Crippen LogP contribution in [0.15, 0.2) is 42.6 Å². The molecule has 2 N–H and O–H groups in total. The van der Waals surface area contributed by atoms with Crippen LogP contribution in [-0.4, -0.2) is 39.8 Å². The van der Waals surface area contributed by atoms with E-state index in [-0.39, 0.29) is 45.3 Å². The van der Waals surface area contributed by atoms with E-state index in [2.05, 4.69) is 10.6 Å². The molecule has 3 aromatic rings. The molecule has 3 heterocycles. The Kier molecular flexibility index (Phi) is 6.97. The topological polar surface area (TPSA) is 110 Å². The fourth-order valence-electron chi connectivity index (χ4n) is 6.47. The Hall–Kier alpha value is -3.92. The highest BCUT2D eigenvalue weighted by molar-refractivity contribution is 6.33. The molecular formula is C30H31ClFN5O4. The second-order valence-corrected chi connectivity index (χ2v) is 11.8. The van der Waals surface area contributed by atoms with Gasteiger partial charge in [0.15, 0.2) is 11.9 Å². The Morgan fingerprint density at radius 1 is 1.10 bits per heavy atom. The number of rotatable bonds is 6. The molecule has 0 saturated heterocycles. The highest BCUT2D eigenvalue weighted by atomic mass is 35.5. The molecule has 1 aromatic carbocycles. The van der Waals surface area contributed by atoms with Gasteiger partial charge in [0, 0.05) is 49.9 Å². The van der Waals surface area contributed by atoms with E-state index in [1.54, 1.807) is 24.0 Å². The van der Waals surface area contributed by atoms with Crippen LogP contribution in [0.1, 0.15) is 48.1 Å². The van der Waals surface area contributed by atoms with E-state index in [0.717, 1.165) is 25.0 Å². The fraction of sp³-hybridized carbons (Fsp3) is 0.400. The number of pyridine rings is 1. The summed E-state index contributed by atoms with van der Waals surface area (Å²) in [7, 11) is 0. The monoisotopic (exact) mass is 579 g/mol. The number of fused-ring (bicyclic) bond motifs is 2. The number of benzene rings is 1. The molecule has 2 saturated carbocycles. The molecule has 3 aliphatic rings. The third kappa shape index (κ3) is 5.16. The van der Waals surface area contributed by atoms with Crippen molar-refractivity contribution in [3.05, 3.63) is 75.7 Å². The van der Waals surface area contributed by atoms with Crippen molar-refractivity contribution in [2.24, 2.45) is 17.8 Å². The summed E-state index contributed by atoms with van der Waals surface area (Å²) in [6.07, 6.45) is 4.14. The van der Waals surface area contributed by atoms with E-state index >= 15 is 4.39 Å². The molecule has 0 spiro atoms. The third-order valence-corrected chi connectivity index (χ3v) is 9.12. The number of anilines is 1. The van der Waals surface area contributed by atoms with Gasteiger partial charge in [-0.3, -0.25) is 14.4 Å². The van der Waals surface area contributed by atoms with Crippen LogP contribution in [0.5, 0.6) is 0 Å². The minimum absolute atomic E-state index is 0.0134. The van der Waals surface area contributed by atoms with Crippen LogP contribution in [0.2, 0.25) is 5.02 Å². The molecule has 1 aliphatic heterocycles. The van der Waals surface area contributed by atoms with Crippen molar-refractivity contribution in [1.82, 2.24) is 14.8 Å². The van der Waals surface area contributed by atoms with Crippen molar-refractivity contribution in [2.45, 2.75) is 52.2 Å². The Morgan fingerprint density at radius 2 is 1.85 bits per heavy atom. The van der Waals surface area contributed by atoms with Gasteiger partial charge in [0.05, 0.1) is 17.1 Å². The summed E-state index contributed by atoms with van der Waals surface area (Å²) in [5.74, 6) is -0.253. The lowest BCUT2D eigenvalue weighted by Gasteiger charge is -2.29. The molecule has 2 aliphatic carbocycles. The molecule has 11 heteroatoms. The zero-order valence-corrected chi connectivity index (χ0v) is 23.6. The van der Waals surface area contributed by atoms with Gasteiger partial charge in [-0.15, -0.1) is 0 Å². The number of amides is 3. The first kappa shape index (κ1) is 27.3. The van der Waals surface area contributed by atoms with Crippen molar-refractivity contribution < 1.29 is 23.5 Å². The molecule has 2 unspecified atom stereocenters. The summed E-state index contributed by atoms with van der Waals surface area (Å²) in [5, 5.41) is 18.1. The van der Waals surface area contributed by atoms with E-state index in [1.165, 1.54) is 31.3 Å². The van der Waals surface area contributed by atoms with Crippen molar-refractivity contribution in [3.8, 4) is 11.1 Å². The van der Waals surface area contributed by atoms with Gasteiger partial charge in [-0.05, 0) is 67.3 Å². The van der Waals surface area contributed by atoms with Crippen LogP contribution in [0.3, 0.4) is 0 Å². The van der Waals surface area contributed by atoms with Crippen molar-refractivity contribution in [1.29, 1.82) is 0 Å². The average molecular weight is 580 g/mol. The molecule has 0 radical (unpaired) electrons. The molecule has 6 rings (SSSR count). The Balaban J connectivity index is 1.21. The summed E-state index contributed by atoms with van der Waals surface area (Å²) >= 11 is 6.27. The molecule has 3 amide bonds. The van der Waals surface area contributed by atoms with Gasteiger partial charge in [-0.1, -0.05) is 11.6 Å². The van der Waals surface area contributed by atoms with E-state index in [0.29, 0.717) is 41.9 Å². The molecular weight excluding hydrogens is 549 g/mol. The number of nitrogens with zero attached hydrogens (tertiary/aromatic N) is 3. The minimum atomic E-state index is -0.785. The standard InChI is InChI=1S/C30H31ClFN5O4/c1-16-27(24(31)7-8-37(16)41)23-5-3-21(14-25(23)32)33-30(40)28(20-12-18-11-19(18)13-20)34-29(39)26-6-4-22-15-35(17(2)38)9-10-36(22)26/h3-8,14,18-20,28H,9-13,15H2,1-2H3,(H,33,40)(H,34,39)/t18-,19+,20?,28?. The lowest BCUT2D eigenvalue weighted by molar-refractivity contribution is -0.611. The smallest absolute Gasteiger partial charge is 0.268 e. The van der Waals surface area contributed by atoms with E-state index in [9.17, 15) is 19.6 Å². The van der Waals surface area contributed by atoms with Gasteiger partial charge in [-0.25, -0.2) is 4.39 Å². The third-order valence-electron chi connectivity index (χ3n) is 8.81. The number of hydrogen-bond acceptors (Lipinski definition) is 4. The zero-order valence-electron chi connectivity index (χ0n) is 22.8. The Morgan fingerprint density at radius 3 is 2.56 bits per heavy atom. The Labute approximate surface area is 241 Å². The maximum atomic E-state index is 15.3. The van der Waals surface area contributed by atoms with E-state index in [1.807, 2.05) is 10.6 Å². The SMILES string of the molecule is CC(=O)N1CCn2c(ccc2C(=O)NC(C(=O)Nc2ccc(-c3c(Cl)cc[n+]([O-])c3C)c(F)c2)C2C[C@@H]3C[C@@H]3C2)C1. The van der Waals surface area contributed by atoms with Gasteiger partial charge in [0.25, 0.3) is 5.91 Å². The predicted octanol–water partition coefficient (Wildman–Crippen LogP) is 4.03. The fourth-order valence-corrected chi connectivity index (χ4v) is 6.77. The van der Waals surface area contributed by atoms with Gasteiger partial charge >= 0.3 is 0 Å². The van der Waals surface area contributed by atoms with Crippen LogP contribution < -0.4 is 15.4 Å². The number of halogens is 2. The van der Waals surface area contributed by atoms with E-state index in [4.69, 9.17) is 11.6 Å². The second-order valence-electron chi connectivity index (χ2n) is 11.4. The number of aromatic nitrogens is 2. The molecule has 0 bridgehead atoms. The van der Waals surface area contributed by atoms with Crippen LogP contribution in [0, 0.1) is 35.7 Å². The molecule has 9 nitrogen and oxygen atoms in total. The summed E-state index contributed by atoms with van der Waals surface area (Å²) in [4.78, 5) is 40.6. The first-order valence-corrected chi connectivity index (χ1v) is 14.2. The van der Waals surface area contributed by atoms with Crippen LogP contribution >= 0.6 is 11.6 Å². The summed E-state index contributed by atoms with van der Waals surface area (Å²) in [5.41, 5.74) is 2.26. The van der Waals surface area contributed by atoms with Crippen LogP contribution in [0.25, 0.3) is 11.1 Å². The van der Waals surface area contributed by atoms with Gasteiger partial charge in [-0.2, -0.15) is 4.73 Å². The number of carbonyl (C=O) groups is 3. The highest BCUT2D eigenvalue weighted by Gasteiger charge is 2.49. The number of carbonyl (C=O) groups excluding carboxylic acids is 3. The van der Waals surface area contributed by atoms with Gasteiger partial charge < -0.3 is 25.3 Å².